The van der Waals surface area contributed by atoms with E-state index in [2.05, 4.69) is 4.98 Å². The van der Waals surface area contributed by atoms with Crippen LogP contribution in [0.3, 0.4) is 0 Å². The van der Waals surface area contributed by atoms with E-state index in [0.717, 1.165) is 18.4 Å². The number of amides is 1. The Kier molecular flexibility index (Phi) is 5.37. The molecule has 2 aliphatic heterocycles. The van der Waals surface area contributed by atoms with Gasteiger partial charge in [-0.2, -0.15) is 0 Å². The molecule has 2 aromatic rings. The smallest absolute Gasteiger partial charge is 0.314 e. The number of hydrogen-bond acceptors (Lipinski definition) is 5. The largest absolute Gasteiger partial charge is 0.465 e. The molecule has 3 atom stereocenters. The van der Waals surface area contributed by atoms with Gasteiger partial charge in [-0.25, -0.2) is 0 Å². The van der Waals surface area contributed by atoms with Gasteiger partial charge in [0.1, 0.15) is 5.69 Å². The summed E-state index contributed by atoms with van der Waals surface area (Å²) in [6, 6.07) is 13.0. The number of fused-ring (bicyclic) bond motifs is 2. The number of hydrogen-bond donors (Lipinski definition) is 1. The van der Waals surface area contributed by atoms with Crippen LogP contribution in [0.1, 0.15) is 47.8 Å². The molecule has 2 aliphatic rings. The second-order valence-corrected chi connectivity index (χ2v) is 7.91. The zero-order chi connectivity index (χ0) is 20.4. The minimum absolute atomic E-state index is 0.000186. The molecule has 1 N–H and O–H groups in total. The van der Waals surface area contributed by atoms with Crippen molar-refractivity contribution in [3.63, 3.8) is 0 Å². The molecule has 29 heavy (non-hydrogen) atoms. The summed E-state index contributed by atoms with van der Waals surface area (Å²) >= 11 is 0. The van der Waals surface area contributed by atoms with Crippen molar-refractivity contribution in [3.8, 4) is 0 Å². The SMILES string of the molecule is CCOC(=O)[C@@]1(Cc2ccccc2)C[C@H]2CC[C@@H]1N2C(=O)c1cc(CO)ccn1. The fraction of sp³-hybridized carbons (Fsp3) is 0.435. The van der Waals surface area contributed by atoms with Gasteiger partial charge < -0.3 is 14.7 Å². The van der Waals surface area contributed by atoms with Crippen LogP contribution in [0.5, 0.6) is 0 Å². The topological polar surface area (TPSA) is 79.7 Å². The lowest BCUT2D eigenvalue weighted by molar-refractivity contribution is -0.157. The normalized spacial score (nSPS) is 25.2. The highest BCUT2D eigenvalue weighted by Crippen LogP contribution is 2.52. The predicted molar refractivity (Wildman–Crippen MR) is 107 cm³/mol. The Morgan fingerprint density at radius 2 is 2.00 bits per heavy atom. The number of aliphatic hydroxyl groups excluding tert-OH is 1. The fourth-order valence-corrected chi connectivity index (χ4v) is 5.03. The van der Waals surface area contributed by atoms with Crippen molar-refractivity contribution < 1.29 is 19.4 Å². The quantitative estimate of drug-likeness (QED) is 0.762. The van der Waals surface area contributed by atoms with Crippen LogP contribution in [0, 0.1) is 5.41 Å². The number of aromatic nitrogens is 1. The molecule has 0 spiro atoms. The fourth-order valence-electron chi connectivity index (χ4n) is 5.03. The van der Waals surface area contributed by atoms with Crippen LogP contribution in [-0.2, 0) is 22.6 Å². The number of ether oxygens (including phenoxy) is 1. The molecule has 2 saturated heterocycles. The average molecular weight is 394 g/mol. The minimum Gasteiger partial charge on any atom is -0.465 e. The number of aliphatic hydroxyl groups is 1. The van der Waals surface area contributed by atoms with E-state index < -0.39 is 5.41 Å². The summed E-state index contributed by atoms with van der Waals surface area (Å²) in [6.45, 7) is 1.99. The maximum atomic E-state index is 13.3. The summed E-state index contributed by atoms with van der Waals surface area (Å²) in [5.41, 5.74) is 1.30. The molecule has 0 saturated carbocycles. The predicted octanol–water partition coefficient (Wildman–Crippen LogP) is 2.74. The van der Waals surface area contributed by atoms with Gasteiger partial charge in [-0.3, -0.25) is 14.6 Å². The van der Waals surface area contributed by atoms with E-state index in [9.17, 15) is 14.7 Å². The Hall–Kier alpha value is -2.73. The molecule has 2 fully saturated rings. The third kappa shape index (κ3) is 3.42. The molecule has 0 unspecified atom stereocenters. The molecular weight excluding hydrogens is 368 g/mol. The highest BCUT2D eigenvalue weighted by molar-refractivity contribution is 5.94. The third-order valence-electron chi connectivity index (χ3n) is 6.25. The molecular formula is C23H26N2O4. The van der Waals surface area contributed by atoms with Crippen LogP contribution in [0.4, 0.5) is 0 Å². The van der Waals surface area contributed by atoms with Crippen molar-refractivity contribution in [2.75, 3.05) is 6.61 Å². The van der Waals surface area contributed by atoms with Gasteiger partial charge in [-0.1, -0.05) is 30.3 Å². The number of carbonyl (C=O) groups excluding carboxylic acids is 2. The summed E-state index contributed by atoms with van der Waals surface area (Å²) in [4.78, 5) is 32.6. The summed E-state index contributed by atoms with van der Waals surface area (Å²) in [7, 11) is 0. The van der Waals surface area contributed by atoms with Gasteiger partial charge in [-0.15, -0.1) is 0 Å². The molecule has 1 aromatic carbocycles. The van der Waals surface area contributed by atoms with Crippen molar-refractivity contribution in [1.29, 1.82) is 0 Å². The lowest BCUT2D eigenvalue weighted by Crippen LogP contribution is -2.47. The highest BCUT2D eigenvalue weighted by atomic mass is 16.5. The number of carbonyl (C=O) groups is 2. The Bertz CT molecular complexity index is 901. The summed E-state index contributed by atoms with van der Waals surface area (Å²) in [5.74, 6) is -0.391. The van der Waals surface area contributed by atoms with Crippen LogP contribution < -0.4 is 0 Å². The van der Waals surface area contributed by atoms with Crippen LogP contribution in [0.25, 0.3) is 0 Å². The second-order valence-electron chi connectivity index (χ2n) is 7.91. The first kappa shape index (κ1) is 19.6. The van der Waals surface area contributed by atoms with Crippen LogP contribution in [0.2, 0.25) is 0 Å². The zero-order valence-corrected chi connectivity index (χ0v) is 16.6. The lowest BCUT2D eigenvalue weighted by Gasteiger charge is -2.35. The van der Waals surface area contributed by atoms with Gasteiger partial charge in [0.2, 0.25) is 0 Å². The molecule has 1 amide bonds. The molecule has 3 heterocycles. The summed E-state index contributed by atoms with van der Waals surface area (Å²) < 4.78 is 5.50. The molecule has 0 aliphatic carbocycles. The first-order valence-electron chi connectivity index (χ1n) is 10.2. The summed E-state index contributed by atoms with van der Waals surface area (Å²) in [6.07, 6.45) is 4.37. The average Bonchev–Trinajstić information content (AvgIpc) is 3.30. The zero-order valence-electron chi connectivity index (χ0n) is 16.6. The molecule has 1 aromatic heterocycles. The number of nitrogens with zero attached hydrogens (tertiary/aromatic N) is 2. The number of rotatable bonds is 6. The maximum Gasteiger partial charge on any atom is 0.314 e. The first-order valence-corrected chi connectivity index (χ1v) is 10.2. The Morgan fingerprint density at radius 1 is 1.21 bits per heavy atom. The van der Waals surface area contributed by atoms with E-state index in [1.807, 2.05) is 42.2 Å². The molecule has 0 radical (unpaired) electrons. The monoisotopic (exact) mass is 394 g/mol. The van der Waals surface area contributed by atoms with Crippen LogP contribution in [0.15, 0.2) is 48.7 Å². The van der Waals surface area contributed by atoms with Gasteiger partial charge in [0.05, 0.1) is 18.6 Å². The van der Waals surface area contributed by atoms with Crippen molar-refractivity contribution in [2.45, 2.75) is 51.3 Å². The van der Waals surface area contributed by atoms with Crippen molar-refractivity contribution in [1.82, 2.24) is 9.88 Å². The van der Waals surface area contributed by atoms with E-state index in [-0.39, 0.29) is 30.6 Å². The van der Waals surface area contributed by atoms with Gasteiger partial charge in [0, 0.05) is 18.3 Å². The van der Waals surface area contributed by atoms with Gasteiger partial charge >= 0.3 is 5.97 Å². The lowest BCUT2D eigenvalue weighted by atomic mass is 9.70. The van der Waals surface area contributed by atoms with Gasteiger partial charge in [0.25, 0.3) is 5.91 Å². The molecule has 2 bridgehead atoms. The summed E-state index contributed by atoms with van der Waals surface area (Å²) in [5, 5.41) is 9.39. The number of esters is 1. The molecule has 6 nitrogen and oxygen atoms in total. The Morgan fingerprint density at radius 3 is 2.72 bits per heavy atom. The highest BCUT2D eigenvalue weighted by Gasteiger charge is 2.62. The third-order valence-corrected chi connectivity index (χ3v) is 6.25. The van der Waals surface area contributed by atoms with Crippen molar-refractivity contribution in [2.24, 2.45) is 5.41 Å². The molecule has 152 valence electrons. The second kappa shape index (κ2) is 7.95. The van der Waals surface area contributed by atoms with E-state index in [1.54, 1.807) is 18.3 Å². The van der Waals surface area contributed by atoms with Crippen LogP contribution in [-0.4, -0.2) is 45.6 Å². The van der Waals surface area contributed by atoms with Crippen molar-refractivity contribution >= 4 is 11.9 Å². The minimum atomic E-state index is -0.732. The van der Waals surface area contributed by atoms with E-state index in [0.29, 0.717) is 30.7 Å². The first-order chi connectivity index (χ1) is 14.1. The van der Waals surface area contributed by atoms with Crippen molar-refractivity contribution in [3.05, 3.63) is 65.5 Å². The molecule has 4 rings (SSSR count). The number of benzene rings is 1. The van der Waals surface area contributed by atoms with E-state index in [1.165, 1.54) is 0 Å². The Balaban J connectivity index is 1.68. The van der Waals surface area contributed by atoms with Gasteiger partial charge in [-0.05, 0) is 55.9 Å². The van der Waals surface area contributed by atoms with Gasteiger partial charge in [0.15, 0.2) is 0 Å². The standard InChI is InChI=1S/C23H26N2O4/c1-2-29-22(28)23(13-16-6-4-3-5-7-16)14-18-8-9-20(23)25(18)21(27)19-12-17(15-26)10-11-24-19/h3-7,10-12,18,20,26H,2,8-9,13-15H2,1H3/t18-,20+,23+/m1/s1. The molecule has 6 heteroatoms. The van der Waals surface area contributed by atoms with E-state index >= 15 is 0 Å². The van der Waals surface area contributed by atoms with E-state index in [4.69, 9.17) is 4.74 Å². The van der Waals surface area contributed by atoms with Crippen LogP contribution >= 0.6 is 0 Å². The number of pyridine rings is 1. The maximum absolute atomic E-state index is 13.3. The Labute approximate surface area is 170 Å².